The Bertz CT molecular complexity index is 868. The molecule has 0 heterocycles. The van der Waals surface area contributed by atoms with Crippen LogP contribution in [0.4, 0.5) is 0 Å². The topological polar surface area (TPSA) is 81.7 Å². The van der Waals surface area contributed by atoms with Crippen LogP contribution in [0.15, 0.2) is 23.3 Å². The average molecular weight is 474 g/mol. The van der Waals surface area contributed by atoms with E-state index in [9.17, 15) is 14.4 Å². The molecule has 6 nitrogen and oxygen atoms in total. The van der Waals surface area contributed by atoms with Crippen LogP contribution in [0.3, 0.4) is 0 Å². The first-order valence-electron chi connectivity index (χ1n) is 12.8. The number of rotatable bonds is 6. The summed E-state index contributed by atoms with van der Waals surface area (Å²) in [5.41, 5.74) is 1.68. The minimum absolute atomic E-state index is 0.00852. The van der Waals surface area contributed by atoms with Crippen molar-refractivity contribution in [1.29, 1.82) is 0 Å². The van der Waals surface area contributed by atoms with Gasteiger partial charge < -0.3 is 14.8 Å². The number of hydrogen-bond acceptors (Lipinski definition) is 6. The molecule has 0 aromatic rings. The number of ketones is 1. The molecule has 0 bridgehead atoms. The lowest BCUT2D eigenvalue weighted by Gasteiger charge is -2.62. The maximum absolute atomic E-state index is 13.6. The van der Waals surface area contributed by atoms with Gasteiger partial charge in [-0.1, -0.05) is 38.8 Å². The van der Waals surface area contributed by atoms with E-state index < -0.39 is 0 Å². The number of carbonyl (C=O) groups is 3. The molecule has 0 saturated heterocycles. The Morgan fingerprint density at radius 3 is 2.50 bits per heavy atom. The Kier molecular flexibility index (Phi) is 8.11. The van der Waals surface area contributed by atoms with Gasteiger partial charge in [0.1, 0.15) is 18.5 Å². The highest BCUT2D eigenvalue weighted by molar-refractivity contribution is 5.86. The Morgan fingerprint density at radius 1 is 1.15 bits per heavy atom. The van der Waals surface area contributed by atoms with Crippen LogP contribution in [0.5, 0.6) is 0 Å². The number of carbonyl (C=O) groups excluding carboxylic acids is 3. The van der Waals surface area contributed by atoms with Crippen molar-refractivity contribution in [2.24, 2.45) is 34.5 Å². The molecular formula is C28H43NO5. The Hall–Kier alpha value is -1.95. The first kappa shape index (κ1) is 26.7. The SMILES string of the molecule is CNCCOC(=O)/C=C1/CCC2C(C(=O)CC3C(C)(C)C(OC(=O)C=C(C)C)CCC23C)C1C. The van der Waals surface area contributed by atoms with Crippen molar-refractivity contribution in [3.8, 4) is 0 Å². The van der Waals surface area contributed by atoms with E-state index in [2.05, 4.69) is 33.0 Å². The molecule has 0 aliphatic heterocycles. The number of nitrogens with one attached hydrogen (secondary N) is 1. The summed E-state index contributed by atoms with van der Waals surface area (Å²) in [6.45, 7) is 13.5. The number of allylic oxidation sites excluding steroid dienone is 2. The lowest BCUT2D eigenvalue weighted by Crippen LogP contribution is -2.60. The van der Waals surface area contributed by atoms with Gasteiger partial charge in [0.25, 0.3) is 0 Å². The average Bonchev–Trinajstić information content (AvgIpc) is 2.73. The van der Waals surface area contributed by atoms with Crippen LogP contribution in [-0.2, 0) is 23.9 Å². The number of Topliss-reactive ketones (excluding diaryl/α,β-unsaturated/α-hetero) is 1. The van der Waals surface area contributed by atoms with Gasteiger partial charge in [0.2, 0.25) is 0 Å². The maximum atomic E-state index is 13.6. The van der Waals surface area contributed by atoms with Gasteiger partial charge in [0.05, 0.1) is 0 Å². The summed E-state index contributed by atoms with van der Waals surface area (Å²) in [5, 5.41) is 2.96. The molecule has 0 amide bonds. The number of esters is 2. The van der Waals surface area contributed by atoms with E-state index in [0.29, 0.717) is 25.4 Å². The molecule has 3 aliphatic rings. The highest BCUT2D eigenvalue weighted by Crippen LogP contribution is 2.64. The normalized spacial score (nSPS) is 35.7. The molecule has 0 aromatic carbocycles. The Balaban J connectivity index is 1.79. The molecule has 0 spiro atoms. The fourth-order valence-corrected chi connectivity index (χ4v) is 7.16. The van der Waals surface area contributed by atoms with Crippen molar-refractivity contribution in [2.75, 3.05) is 20.2 Å². The van der Waals surface area contributed by atoms with Crippen LogP contribution in [-0.4, -0.2) is 44.0 Å². The van der Waals surface area contributed by atoms with E-state index in [1.807, 2.05) is 20.9 Å². The minimum atomic E-state index is -0.317. The molecule has 1 N–H and O–H groups in total. The van der Waals surface area contributed by atoms with Crippen molar-refractivity contribution in [3.63, 3.8) is 0 Å². The summed E-state index contributed by atoms with van der Waals surface area (Å²) >= 11 is 0. The summed E-state index contributed by atoms with van der Waals surface area (Å²) in [7, 11) is 1.82. The lowest BCUT2D eigenvalue weighted by atomic mass is 9.42. The van der Waals surface area contributed by atoms with E-state index in [4.69, 9.17) is 9.47 Å². The first-order valence-corrected chi connectivity index (χ1v) is 12.8. The van der Waals surface area contributed by atoms with Gasteiger partial charge in [-0.15, -0.1) is 0 Å². The van der Waals surface area contributed by atoms with Crippen LogP contribution >= 0.6 is 0 Å². The molecule has 3 aliphatic carbocycles. The third-order valence-electron chi connectivity index (χ3n) is 8.96. The zero-order chi connectivity index (χ0) is 25.3. The molecular weight excluding hydrogens is 430 g/mol. The standard InChI is InChI=1S/C28H43NO5/c1-17(2)14-25(32)34-23-10-11-28(6)20-9-8-19(15-24(31)33-13-12-29-7)18(3)26(20)21(30)16-22(28)27(23,4)5/h14-15,18,20,22-23,26,29H,8-13,16H2,1-7H3/b19-15-. The smallest absolute Gasteiger partial charge is 0.330 e. The van der Waals surface area contributed by atoms with E-state index in [1.165, 1.54) is 0 Å². The maximum Gasteiger partial charge on any atom is 0.330 e. The molecule has 0 radical (unpaired) electrons. The van der Waals surface area contributed by atoms with Crippen LogP contribution in [0.25, 0.3) is 0 Å². The third-order valence-corrected chi connectivity index (χ3v) is 8.96. The van der Waals surface area contributed by atoms with Crippen LogP contribution < -0.4 is 5.32 Å². The molecule has 3 saturated carbocycles. The first-order chi connectivity index (χ1) is 15.9. The zero-order valence-corrected chi connectivity index (χ0v) is 22.0. The van der Waals surface area contributed by atoms with E-state index in [-0.39, 0.29) is 52.5 Å². The fourth-order valence-electron chi connectivity index (χ4n) is 7.16. The van der Waals surface area contributed by atoms with Gasteiger partial charge in [-0.25, -0.2) is 9.59 Å². The summed E-state index contributed by atoms with van der Waals surface area (Å²) in [6.07, 6.45) is 6.97. The van der Waals surface area contributed by atoms with Crippen molar-refractivity contribution < 1.29 is 23.9 Å². The van der Waals surface area contributed by atoms with Crippen LogP contribution in [0.2, 0.25) is 0 Å². The number of fused-ring (bicyclic) bond motifs is 3. The summed E-state index contributed by atoms with van der Waals surface area (Å²) in [6, 6.07) is 0. The van der Waals surface area contributed by atoms with Crippen LogP contribution in [0.1, 0.15) is 73.6 Å². The van der Waals surface area contributed by atoms with E-state index in [1.54, 1.807) is 12.2 Å². The second-order valence-corrected chi connectivity index (χ2v) is 11.7. The van der Waals surface area contributed by atoms with E-state index in [0.717, 1.165) is 36.8 Å². The zero-order valence-electron chi connectivity index (χ0n) is 22.0. The quantitative estimate of drug-likeness (QED) is 0.344. The van der Waals surface area contributed by atoms with Gasteiger partial charge in [-0.2, -0.15) is 0 Å². The molecule has 3 fully saturated rings. The Morgan fingerprint density at radius 2 is 1.85 bits per heavy atom. The summed E-state index contributed by atoms with van der Waals surface area (Å²) < 4.78 is 11.2. The second-order valence-electron chi connectivity index (χ2n) is 11.7. The van der Waals surface area contributed by atoms with Gasteiger partial charge in [0.15, 0.2) is 0 Å². The predicted octanol–water partition coefficient (Wildman–Crippen LogP) is 4.63. The molecule has 6 heteroatoms. The molecule has 6 unspecified atom stereocenters. The fraction of sp³-hybridized carbons (Fsp3) is 0.750. The van der Waals surface area contributed by atoms with Gasteiger partial charge in [-0.05, 0) is 69.7 Å². The minimum Gasteiger partial charge on any atom is -0.461 e. The van der Waals surface area contributed by atoms with Crippen molar-refractivity contribution in [2.45, 2.75) is 79.8 Å². The number of ether oxygens (including phenoxy) is 2. The van der Waals surface area contributed by atoms with Crippen molar-refractivity contribution in [3.05, 3.63) is 23.3 Å². The van der Waals surface area contributed by atoms with E-state index >= 15 is 0 Å². The Labute approximate surface area is 204 Å². The third kappa shape index (κ3) is 5.17. The highest BCUT2D eigenvalue weighted by Gasteiger charge is 2.62. The predicted molar refractivity (Wildman–Crippen MR) is 132 cm³/mol. The van der Waals surface area contributed by atoms with Gasteiger partial charge in [-0.3, -0.25) is 4.79 Å². The van der Waals surface area contributed by atoms with Crippen molar-refractivity contribution in [1.82, 2.24) is 5.32 Å². The highest BCUT2D eigenvalue weighted by atomic mass is 16.5. The van der Waals surface area contributed by atoms with Crippen LogP contribution in [0, 0.1) is 34.5 Å². The van der Waals surface area contributed by atoms with Crippen molar-refractivity contribution >= 4 is 17.7 Å². The lowest BCUT2D eigenvalue weighted by molar-refractivity contribution is -0.186. The largest absolute Gasteiger partial charge is 0.461 e. The summed E-state index contributed by atoms with van der Waals surface area (Å²) in [5.74, 6) is 0.103. The monoisotopic (exact) mass is 473 g/mol. The molecule has 190 valence electrons. The summed E-state index contributed by atoms with van der Waals surface area (Å²) in [4.78, 5) is 38.2. The van der Waals surface area contributed by atoms with Gasteiger partial charge >= 0.3 is 11.9 Å². The molecule has 0 aromatic heterocycles. The molecule has 6 atom stereocenters. The number of hydrogen-bond donors (Lipinski definition) is 1. The molecule has 34 heavy (non-hydrogen) atoms. The number of likely N-dealkylation sites (N-methyl/N-ethyl adjacent to an activating group) is 1. The molecule has 3 rings (SSSR count). The second kappa shape index (κ2) is 10.3. The van der Waals surface area contributed by atoms with Gasteiger partial charge in [0, 0.05) is 36.5 Å².